The van der Waals surface area contributed by atoms with Crippen molar-refractivity contribution in [1.29, 1.82) is 0 Å². The first-order valence-corrected chi connectivity index (χ1v) is 11.7. The highest BCUT2D eigenvalue weighted by molar-refractivity contribution is 7.90. The van der Waals surface area contributed by atoms with Crippen molar-refractivity contribution in [3.05, 3.63) is 65.7 Å². The third-order valence-corrected chi connectivity index (χ3v) is 6.40. The van der Waals surface area contributed by atoms with E-state index >= 15 is 0 Å². The Morgan fingerprint density at radius 3 is 2.57 bits per heavy atom. The van der Waals surface area contributed by atoms with Gasteiger partial charge in [0.05, 0.1) is 10.6 Å². The van der Waals surface area contributed by atoms with Crippen LogP contribution in [0.25, 0.3) is 10.8 Å². The number of sulfone groups is 1. The Hall–Kier alpha value is -3.19. The molecule has 0 unspecified atom stereocenters. The average molecular weight is 423 g/mol. The number of carbonyl (C=O) groups excluding carboxylic acids is 2. The van der Waals surface area contributed by atoms with Crippen LogP contribution in [0.4, 0.5) is 11.4 Å². The van der Waals surface area contributed by atoms with Crippen molar-refractivity contribution in [3.8, 4) is 0 Å². The fraction of sp³-hybridized carbons (Fsp3) is 0.217. The summed E-state index contributed by atoms with van der Waals surface area (Å²) < 4.78 is 23.6. The fourth-order valence-corrected chi connectivity index (χ4v) is 4.42. The molecule has 4 rings (SSSR count). The van der Waals surface area contributed by atoms with E-state index in [4.69, 9.17) is 0 Å². The minimum absolute atomic E-state index is 0.0200. The molecule has 3 aromatic rings. The van der Waals surface area contributed by atoms with Gasteiger partial charge in [0.25, 0.3) is 11.8 Å². The van der Waals surface area contributed by atoms with Crippen molar-refractivity contribution in [3.63, 3.8) is 0 Å². The van der Waals surface area contributed by atoms with Gasteiger partial charge in [0.15, 0.2) is 9.84 Å². The highest BCUT2D eigenvalue weighted by Crippen LogP contribution is 2.40. The first kappa shape index (κ1) is 20.1. The lowest BCUT2D eigenvalue weighted by atomic mass is 10.0. The maximum Gasteiger partial charge on any atom is 0.258 e. The van der Waals surface area contributed by atoms with E-state index in [0.29, 0.717) is 17.8 Å². The van der Waals surface area contributed by atoms with Gasteiger partial charge in [0, 0.05) is 40.4 Å². The van der Waals surface area contributed by atoms with Crippen LogP contribution in [-0.4, -0.2) is 33.0 Å². The molecule has 2 amide bonds. The molecule has 0 aromatic heterocycles. The molecule has 30 heavy (non-hydrogen) atoms. The number of amides is 2. The van der Waals surface area contributed by atoms with E-state index in [1.54, 1.807) is 29.2 Å². The molecule has 1 heterocycles. The maximum atomic E-state index is 12.9. The first-order valence-electron chi connectivity index (χ1n) is 9.80. The second-order valence-electron chi connectivity index (χ2n) is 7.42. The van der Waals surface area contributed by atoms with Crippen molar-refractivity contribution < 1.29 is 18.0 Å². The average Bonchev–Trinajstić information content (AvgIpc) is 3.00. The van der Waals surface area contributed by atoms with Crippen LogP contribution in [0.2, 0.25) is 0 Å². The van der Waals surface area contributed by atoms with E-state index in [1.165, 1.54) is 12.1 Å². The molecule has 0 radical (unpaired) electrons. The number of hydrogen-bond acceptors (Lipinski definition) is 4. The molecular weight excluding hydrogens is 400 g/mol. The third kappa shape index (κ3) is 3.45. The summed E-state index contributed by atoms with van der Waals surface area (Å²) in [4.78, 5) is 27.5. The van der Waals surface area contributed by atoms with Crippen molar-refractivity contribution >= 4 is 43.8 Å². The Labute approximate surface area is 175 Å². The summed E-state index contributed by atoms with van der Waals surface area (Å²) in [5.74, 6) is -0.429. The van der Waals surface area contributed by atoms with Gasteiger partial charge in [0.1, 0.15) is 0 Å². The van der Waals surface area contributed by atoms with Crippen LogP contribution < -0.4 is 10.2 Å². The van der Waals surface area contributed by atoms with Crippen LogP contribution >= 0.6 is 0 Å². The first-order chi connectivity index (χ1) is 14.3. The molecule has 3 aromatic carbocycles. The molecule has 0 saturated heterocycles. The second-order valence-corrected chi connectivity index (χ2v) is 9.44. The van der Waals surface area contributed by atoms with Crippen LogP contribution in [0, 0.1) is 0 Å². The number of benzene rings is 3. The summed E-state index contributed by atoms with van der Waals surface area (Å²) in [6.07, 6.45) is 3.01. The number of unbranched alkanes of at least 4 members (excludes halogenated alkanes) is 1. The molecule has 1 N–H and O–H groups in total. The van der Waals surface area contributed by atoms with Crippen LogP contribution in [0.15, 0.2) is 59.5 Å². The zero-order valence-corrected chi connectivity index (χ0v) is 17.6. The van der Waals surface area contributed by atoms with Gasteiger partial charge < -0.3 is 10.2 Å². The van der Waals surface area contributed by atoms with E-state index in [-0.39, 0.29) is 16.4 Å². The molecule has 1 aliphatic heterocycles. The summed E-state index contributed by atoms with van der Waals surface area (Å²) in [6.45, 7) is 2.74. The second kappa shape index (κ2) is 7.57. The lowest BCUT2D eigenvalue weighted by Crippen LogP contribution is -2.27. The molecule has 0 bridgehead atoms. The van der Waals surface area contributed by atoms with Gasteiger partial charge >= 0.3 is 0 Å². The summed E-state index contributed by atoms with van der Waals surface area (Å²) in [6, 6.07) is 15.1. The topological polar surface area (TPSA) is 83.6 Å². The van der Waals surface area contributed by atoms with E-state index in [2.05, 4.69) is 12.2 Å². The van der Waals surface area contributed by atoms with Gasteiger partial charge in [-0.15, -0.1) is 0 Å². The molecule has 0 saturated carbocycles. The number of hydrogen-bond donors (Lipinski definition) is 1. The predicted molar refractivity (Wildman–Crippen MR) is 118 cm³/mol. The molecule has 0 aliphatic carbocycles. The van der Waals surface area contributed by atoms with Gasteiger partial charge in [-0.05, 0) is 42.8 Å². The quantitative estimate of drug-likeness (QED) is 0.643. The van der Waals surface area contributed by atoms with Gasteiger partial charge in [-0.1, -0.05) is 31.5 Å². The Balaban J connectivity index is 1.72. The van der Waals surface area contributed by atoms with Gasteiger partial charge in [-0.3, -0.25) is 9.59 Å². The number of nitrogens with zero attached hydrogens (tertiary/aromatic N) is 1. The van der Waals surface area contributed by atoms with Crippen LogP contribution in [0.1, 0.15) is 40.5 Å². The highest BCUT2D eigenvalue weighted by Gasteiger charge is 2.30. The SMILES string of the molecule is CCCCN1C(=O)c2cccc3c(NC(=O)c4cccc(S(C)(=O)=O)c4)ccc1c23. The maximum absolute atomic E-state index is 12.9. The van der Waals surface area contributed by atoms with Gasteiger partial charge in [-0.25, -0.2) is 8.42 Å². The number of anilines is 2. The molecule has 0 fully saturated rings. The van der Waals surface area contributed by atoms with Crippen molar-refractivity contribution in [1.82, 2.24) is 0 Å². The summed E-state index contributed by atoms with van der Waals surface area (Å²) in [5, 5.41) is 4.49. The molecule has 154 valence electrons. The lowest BCUT2D eigenvalue weighted by Gasteiger charge is -2.17. The van der Waals surface area contributed by atoms with Crippen LogP contribution in [-0.2, 0) is 9.84 Å². The molecular formula is C23H22N2O4S. The third-order valence-electron chi connectivity index (χ3n) is 5.29. The van der Waals surface area contributed by atoms with E-state index in [9.17, 15) is 18.0 Å². The van der Waals surface area contributed by atoms with E-state index in [1.807, 2.05) is 18.2 Å². The molecule has 0 spiro atoms. The smallest absolute Gasteiger partial charge is 0.258 e. The van der Waals surface area contributed by atoms with Crippen molar-refractivity contribution in [2.24, 2.45) is 0 Å². The number of rotatable bonds is 6. The summed E-state index contributed by atoms with van der Waals surface area (Å²) >= 11 is 0. The monoisotopic (exact) mass is 422 g/mol. The van der Waals surface area contributed by atoms with Gasteiger partial charge in [-0.2, -0.15) is 0 Å². The van der Waals surface area contributed by atoms with Crippen molar-refractivity contribution in [2.75, 3.05) is 23.0 Å². The largest absolute Gasteiger partial charge is 0.321 e. The Kier molecular flexibility index (Phi) is 5.07. The normalized spacial score (nSPS) is 13.1. The molecule has 0 atom stereocenters. The fourth-order valence-electron chi connectivity index (χ4n) is 3.76. The zero-order chi connectivity index (χ0) is 21.5. The Bertz CT molecular complexity index is 1280. The van der Waals surface area contributed by atoms with E-state index in [0.717, 1.165) is 35.6 Å². The molecule has 7 heteroatoms. The highest BCUT2D eigenvalue weighted by atomic mass is 32.2. The molecule has 1 aliphatic rings. The number of carbonyl (C=O) groups is 2. The summed E-state index contributed by atoms with van der Waals surface area (Å²) in [5.41, 5.74) is 2.32. The predicted octanol–water partition coefficient (Wildman–Crippen LogP) is 4.26. The lowest BCUT2D eigenvalue weighted by molar-refractivity contribution is 0.0991. The van der Waals surface area contributed by atoms with Crippen LogP contribution in [0.5, 0.6) is 0 Å². The van der Waals surface area contributed by atoms with Crippen LogP contribution in [0.3, 0.4) is 0 Å². The number of nitrogens with one attached hydrogen (secondary N) is 1. The van der Waals surface area contributed by atoms with Gasteiger partial charge in [0.2, 0.25) is 0 Å². The summed E-state index contributed by atoms with van der Waals surface area (Å²) in [7, 11) is -3.41. The minimum Gasteiger partial charge on any atom is -0.321 e. The van der Waals surface area contributed by atoms with Crippen molar-refractivity contribution in [2.45, 2.75) is 24.7 Å². The zero-order valence-electron chi connectivity index (χ0n) is 16.8. The minimum atomic E-state index is -3.41. The Morgan fingerprint density at radius 2 is 1.83 bits per heavy atom. The Morgan fingerprint density at radius 1 is 1.07 bits per heavy atom. The van der Waals surface area contributed by atoms with E-state index < -0.39 is 15.7 Å². The standard InChI is InChI=1S/C23H22N2O4S/c1-3-4-13-25-20-12-11-19(17-9-6-10-18(21(17)20)23(25)27)24-22(26)15-7-5-8-16(14-15)30(2,28)29/h5-12,14H,3-4,13H2,1-2H3,(H,24,26). The molecule has 6 nitrogen and oxygen atoms in total.